The lowest BCUT2D eigenvalue weighted by atomic mass is 9.97. The van der Waals surface area contributed by atoms with Crippen LogP contribution in [0.5, 0.6) is 0 Å². The molecule has 0 saturated carbocycles. The van der Waals surface area contributed by atoms with E-state index in [1.54, 1.807) is 29.7 Å². The lowest BCUT2D eigenvalue weighted by molar-refractivity contribution is -0.384. The summed E-state index contributed by atoms with van der Waals surface area (Å²) in [4.78, 5) is 31.0. The molecule has 0 saturated heterocycles. The monoisotopic (exact) mass is 444 g/mol. The highest BCUT2D eigenvalue weighted by molar-refractivity contribution is 7.18. The van der Waals surface area contributed by atoms with Gasteiger partial charge in [0.1, 0.15) is 4.83 Å². The Morgan fingerprint density at radius 3 is 2.62 bits per heavy atom. The first kappa shape index (κ1) is 20.3. The molecule has 160 valence electrons. The van der Waals surface area contributed by atoms with Crippen molar-refractivity contribution in [3.8, 4) is 11.4 Å². The summed E-state index contributed by atoms with van der Waals surface area (Å²) in [5.74, 6) is 0.498. The third kappa shape index (κ3) is 3.52. The molecule has 0 amide bonds. The standard InChI is InChI=1S/C24H20N4O3S/c1-15-6-2-3-7-18(15)22-26-23-21(19-8-4-5-9-20(19)32-23)24(29)27(22)25-14-16-10-12-17(13-11-16)28(30)31/h2-3,6-7,10-14H,4-5,8-9H2,1H3/b25-14-. The molecule has 1 aliphatic carbocycles. The zero-order valence-corrected chi connectivity index (χ0v) is 18.3. The Morgan fingerprint density at radius 2 is 1.88 bits per heavy atom. The molecule has 2 aromatic heterocycles. The van der Waals surface area contributed by atoms with Crippen LogP contribution < -0.4 is 5.56 Å². The Labute approximate surface area is 187 Å². The zero-order valence-electron chi connectivity index (χ0n) is 17.4. The minimum Gasteiger partial charge on any atom is -0.267 e. The quantitative estimate of drug-likeness (QED) is 0.249. The van der Waals surface area contributed by atoms with Crippen molar-refractivity contribution >= 4 is 33.5 Å². The number of rotatable bonds is 4. The molecule has 4 aromatic rings. The van der Waals surface area contributed by atoms with Gasteiger partial charge in [0.25, 0.3) is 11.2 Å². The van der Waals surface area contributed by atoms with Crippen LogP contribution in [0.4, 0.5) is 5.69 Å². The van der Waals surface area contributed by atoms with Crippen molar-refractivity contribution in [3.05, 3.63) is 90.6 Å². The number of nitro groups is 1. The predicted molar refractivity (Wildman–Crippen MR) is 127 cm³/mol. The second-order valence-corrected chi connectivity index (χ2v) is 8.94. The number of aromatic nitrogens is 2. The van der Waals surface area contributed by atoms with Crippen molar-refractivity contribution in [3.63, 3.8) is 0 Å². The van der Waals surface area contributed by atoms with Crippen molar-refractivity contribution in [2.24, 2.45) is 5.10 Å². The fourth-order valence-corrected chi connectivity index (χ4v) is 5.36. The first-order valence-electron chi connectivity index (χ1n) is 10.4. The lowest BCUT2D eigenvalue weighted by Crippen LogP contribution is -2.21. The van der Waals surface area contributed by atoms with E-state index in [9.17, 15) is 14.9 Å². The van der Waals surface area contributed by atoms with Gasteiger partial charge in [0.05, 0.1) is 16.5 Å². The van der Waals surface area contributed by atoms with Gasteiger partial charge in [-0.25, -0.2) is 4.98 Å². The topological polar surface area (TPSA) is 90.4 Å². The molecule has 2 aromatic carbocycles. The molecule has 0 fully saturated rings. The summed E-state index contributed by atoms with van der Waals surface area (Å²) < 4.78 is 1.37. The van der Waals surface area contributed by atoms with Crippen molar-refractivity contribution < 1.29 is 4.92 Å². The van der Waals surface area contributed by atoms with E-state index in [1.165, 1.54) is 21.7 Å². The van der Waals surface area contributed by atoms with Crippen LogP contribution in [-0.4, -0.2) is 20.8 Å². The van der Waals surface area contributed by atoms with Crippen LogP contribution in [0.1, 0.15) is 34.4 Å². The Morgan fingerprint density at radius 1 is 1.12 bits per heavy atom. The normalized spacial score (nSPS) is 13.5. The molecule has 8 heteroatoms. The molecule has 0 radical (unpaired) electrons. The van der Waals surface area contributed by atoms with E-state index in [0.717, 1.165) is 47.2 Å². The summed E-state index contributed by atoms with van der Waals surface area (Å²) in [6.45, 7) is 1.98. The summed E-state index contributed by atoms with van der Waals surface area (Å²) in [6.07, 6.45) is 5.63. The summed E-state index contributed by atoms with van der Waals surface area (Å²) >= 11 is 1.62. The van der Waals surface area contributed by atoms with Gasteiger partial charge >= 0.3 is 0 Å². The largest absolute Gasteiger partial charge is 0.283 e. The summed E-state index contributed by atoms with van der Waals surface area (Å²) in [5, 5.41) is 16.1. The molecular formula is C24H20N4O3S. The Kier molecular flexibility index (Phi) is 5.14. The zero-order chi connectivity index (χ0) is 22.2. The molecule has 0 spiro atoms. The number of nitrogens with zero attached hydrogens (tertiary/aromatic N) is 4. The molecule has 0 N–H and O–H groups in total. The van der Waals surface area contributed by atoms with Gasteiger partial charge in [-0.2, -0.15) is 9.78 Å². The molecule has 32 heavy (non-hydrogen) atoms. The van der Waals surface area contributed by atoms with Crippen molar-refractivity contribution in [2.45, 2.75) is 32.6 Å². The Bertz CT molecular complexity index is 1430. The molecular weight excluding hydrogens is 424 g/mol. The second kappa shape index (κ2) is 8.12. The Balaban J connectivity index is 1.71. The van der Waals surface area contributed by atoms with E-state index in [2.05, 4.69) is 5.10 Å². The molecule has 0 atom stereocenters. The minimum absolute atomic E-state index is 0.00732. The van der Waals surface area contributed by atoms with Crippen LogP contribution >= 0.6 is 11.3 Å². The molecule has 7 nitrogen and oxygen atoms in total. The highest BCUT2D eigenvalue weighted by Crippen LogP contribution is 2.35. The summed E-state index contributed by atoms with van der Waals surface area (Å²) in [7, 11) is 0. The van der Waals surface area contributed by atoms with Gasteiger partial charge in [0.2, 0.25) is 0 Å². The fourth-order valence-electron chi connectivity index (χ4n) is 4.11. The third-order valence-electron chi connectivity index (χ3n) is 5.78. The SMILES string of the molecule is Cc1ccccc1-c1nc2sc3c(c2c(=O)n1/N=C\c1ccc([N+](=O)[O-])cc1)CCCC3. The van der Waals surface area contributed by atoms with Gasteiger partial charge in [-0.3, -0.25) is 14.9 Å². The number of nitro benzene ring substituents is 1. The number of hydrogen-bond acceptors (Lipinski definition) is 6. The van der Waals surface area contributed by atoms with E-state index in [-0.39, 0.29) is 11.2 Å². The molecule has 2 heterocycles. The van der Waals surface area contributed by atoms with Crippen molar-refractivity contribution in [2.75, 3.05) is 0 Å². The van der Waals surface area contributed by atoms with Crippen molar-refractivity contribution in [1.29, 1.82) is 0 Å². The van der Waals surface area contributed by atoms with E-state index in [1.807, 2.05) is 31.2 Å². The maximum atomic E-state index is 13.7. The first-order valence-corrected chi connectivity index (χ1v) is 11.3. The predicted octanol–water partition coefficient (Wildman–Crippen LogP) is 5.10. The van der Waals surface area contributed by atoms with E-state index >= 15 is 0 Å². The van der Waals surface area contributed by atoms with Gasteiger partial charge in [-0.05, 0) is 61.4 Å². The number of fused-ring (bicyclic) bond motifs is 3. The Hall–Kier alpha value is -3.65. The molecule has 0 unspecified atom stereocenters. The van der Waals surface area contributed by atoms with Crippen LogP contribution in [0.15, 0.2) is 58.4 Å². The van der Waals surface area contributed by atoms with Crippen LogP contribution in [0, 0.1) is 17.0 Å². The average Bonchev–Trinajstić information content (AvgIpc) is 3.17. The van der Waals surface area contributed by atoms with Gasteiger partial charge < -0.3 is 0 Å². The van der Waals surface area contributed by atoms with Crippen LogP contribution in [0.25, 0.3) is 21.6 Å². The fraction of sp³-hybridized carbons (Fsp3) is 0.208. The summed E-state index contributed by atoms with van der Waals surface area (Å²) in [6, 6.07) is 13.8. The molecule has 0 bridgehead atoms. The number of non-ortho nitro benzene ring substituents is 1. The number of hydrogen-bond donors (Lipinski definition) is 0. The maximum Gasteiger partial charge on any atom is 0.283 e. The number of thiophene rings is 1. The van der Waals surface area contributed by atoms with Gasteiger partial charge in [0, 0.05) is 22.6 Å². The van der Waals surface area contributed by atoms with Crippen LogP contribution in [-0.2, 0) is 12.8 Å². The van der Waals surface area contributed by atoms with E-state index in [4.69, 9.17) is 4.98 Å². The van der Waals surface area contributed by atoms with Gasteiger partial charge in [0.15, 0.2) is 5.82 Å². The lowest BCUT2D eigenvalue weighted by Gasteiger charge is -2.12. The number of aryl methyl sites for hydroxylation is 3. The van der Waals surface area contributed by atoms with E-state index < -0.39 is 4.92 Å². The first-order chi connectivity index (χ1) is 15.5. The van der Waals surface area contributed by atoms with E-state index in [0.29, 0.717) is 16.8 Å². The summed E-state index contributed by atoms with van der Waals surface area (Å²) in [5.41, 5.74) is 3.45. The number of benzene rings is 2. The molecule has 1 aliphatic rings. The highest BCUT2D eigenvalue weighted by atomic mass is 32.1. The smallest absolute Gasteiger partial charge is 0.267 e. The molecule has 0 aliphatic heterocycles. The average molecular weight is 445 g/mol. The van der Waals surface area contributed by atoms with Gasteiger partial charge in [-0.1, -0.05) is 24.3 Å². The van der Waals surface area contributed by atoms with Gasteiger partial charge in [-0.15, -0.1) is 11.3 Å². The molecule has 5 rings (SSSR count). The maximum absolute atomic E-state index is 13.7. The van der Waals surface area contributed by atoms with Crippen molar-refractivity contribution in [1.82, 2.24) is 9.66 Å². The second-order valence-electron chi connectivity index (χ2n) is 7.85. The highest BCUT2D eigenvalue weighted by Gasteiger charge is 2.23. The minimum atomic E-state index is -0.445. The third-order valence-corrected chi connectivity index (χ3v) is 6.96. The van der Waals surface area contributed by atoms with Crippen LogP contribution in [0.2, 0.25) is 0 Å². The van der Waals surface area contributed by atoms with Crippen LogP contribution in [0.3, 0.4) is 0 Å².